The molecule has 0 saturated carbocycles. The number of aromatic amines is 1. The van der Waals surface area contributed by atoms with Gasteiger partial charge < -0.3 is 19.0 Å². The van der Waals surface area contributed by atoms with Gasteiger partial charge >= 0.3 is 0 Å². The number of pyridine rings is 1. The van der Waals surface area contributed by atoms with Crippen LogP contribution in [0.4, 0.5) is 0 Å². The van der Waals surface area contributed by atoms with Gasteiger partial charge in [0, 0.05) is 17.3 Å². The van der Waals surface area contributed by atoms with Crippen molar-refractivity contribution in [2.24, 2.45) is 0 Å². The molecule has 1 unspecified atom stereocenters. The minimum Gasteiger partial charge on any atom is -0.611 e. The monoisotopic (exact) mass is 345 g/mol. The summed E-state index contributed by atoms with van der Waals surface area (Å²) >= 11 is -1.23. The number of nitrogens with zero attached hydrogens (tertiary/aromatic N) is 2. The SMILES string of the molecule is COc1ccc2[nH]c(-c3ncc(C)c(OC)c3C)nc2c1[S+](C)[O-]. The Morgan fingerprint density at radius 1 is 1.17 bits per heavy atom. The zero-order valence-electron chi connectivity index (χ0n) is 14.3. The highest BCUT2D eigenvalue weighted by molar-refractivity contribution is 7.91. The number of aryl methyl sites for hydroxylation is 1. The first-order valence-corrected chi connectivity index (χ1v) is 8.94. The molecule has 0 amide bonds. The largest absolute Gasteiger partial charge is 0.611 e. The minimum atomic E-state index is -1.23. The summed E-state index contributed by atoms with van der Waals surface area (Å²) in [6.07, 6.45) is 3.37. The first-order valence-electron chi connectivity index (χ1n) is 7.38. The molecule has 3 rings (SSSR count). The van der Waals surface area contributed by atoms with Crippen molar-refractivity contribution in [1.82, 2.24) is 15.0 Å². The van der Waals surface area contributed by atoms with E-state index >= 15 is 0 Å². The van der Waals surface area contributed by atoms with Crippen molar-refractivity contribution >= 4 is 22.2 Å². The fourth-order valence-electron chi connectivity index (χ4n) is 2.86. The zero-order chi connectivity index (χ0) is 17.4. The average molecular weight is 345 g/mol. The van der Waals surface area contributed by atoms with Crippen molar-refractivity contribution in [1.29, 1.82) is 0 Å². The highest BCUT2D eigenvalue weighted by Crippen LogP contribution is 2.34. The van der Waals surface area contributed by atoms with Crippen LogP contribution in [0.5, 0.6) is 11.5 Å². The maximum absolute atomic E-state index is 12.1. The second kappa shape index (κ2) is 6.33. The average Bonchev–Trinajstić information content (AvgIpc) is 2.97. The number of H-pyrrole nitrogens is 1. The molecular weight excluding hydrogens is 326 g/mol. The molecule has 0 fully saturated rings. The second-order valence-electron chi connectivity index (χ2n) is 5.48. The van der Waals surface area contributed by atoms with Crippen LogP contribution in [0.3, 0.4) is 0 Å². The minimum absolute atomic E-state index is 0.563. The van der Waals surface area contributed by atoms with Crippen LogP contribution in [-0.4, -0.2) is 40.0 Å². The molecule has 1 atom stereocenters. The molecule has 0 radical (unpaired) electrons. The van der Waals surface area contributed by atoms with Gasteiger partial charge in [0.1, 0.15) is 23.2 Å². The highest BCUT2D eigenvalue weighted by atomic mass is 32.2. The van der Waals surface area contributed by atoms with Crippen LogP contribution in [-0.2, 0) is 11.2 Å². The number of hydrogen-bond acceptors (Lipinski definition) is 5. The lowest BCUT2D eigenvalue weighted by Gasteiger charge is -2.10. The molecule has 6 nitrogen and oxygen atoms in total. The summed E-state index contributed by atoms with van der Waals surface area (Å²) in [6, 6.07) is 3.65. The van der Waals surface area contributed by atoms with Crippen molar-refractivity contribution in [3.63, 3.8) is 0 Å². The Balaban J connectivity index is 2.24. The van der Waals surface area contributed by atoms with E-state index in [-0.39, 0.29) is 0 Å². The maximum Gasteiger partial charge on any atom is 0.222 e. The lowest BCUT2D eigenvalue weighted by Crippen LogP contribution is -2.02. The maximum atomic E-state index is 12.1. The quantitative estimate of drug-likeness (QED) is 0.735. The summed E-state index contributed by atoms with van der Waals surface area (Å²) in [5.74, 6) is 1.96. The Bertz CT molecular complexity index is 906. The van der Waals surface area contributed by atoms with Crippen LogP contribution < -0.4 is 9.47 Å². The number of fused-ring (bicyclic) bond motifs is 1. The third-order valence-electron chi connectivity index (χ3n) is 3.95. The van der Waals surface area contributed by atoms with Gasteiger partial charge in [-0.05, 0) is 37.2 Å². The van der Waals surface area contributed by atoms with Gasteiger partial charge in [0.25, 0.3) is 0 Å². The van der Waals surface area contributed by atoms with E-state index in [9.17, 15) is 4.55 Å². The molecule has 126 valence electrons. The Morgan fingerprint density at radius 2 is 1.92 bits per heavy atom. The molecule has 2 aromatic heterocycles. The summed E-state index contributed by atoms with van der Waals surface area (Å²) in [6.45, 7) is 3.89. The molecule has 0 aliphatic carbocycles. The summed E-state index contributed by atoms with van der Waals surface area (Å²) in [7, 11) is 3.20. The van der Waals surface area contributed by atoms with Crippen LogP contribution in [0, 0.1) is 13.8 Å². The van der Waals surface area contributed by atoms with Gasteiger partial charge in [-0.2, -0.15) is 0 Å². The van der Waals surface area contributed by atoms with Gasteiger partial charge in [-0.15, -0.1) is 0 Å². The van der Waals surface area contributed by atoms with Gasteiger partial charge in [0.2, 0.25) is 4.90 Å². The van der Waals surface area contributed by atoms with Crippen molar-refractivity contribution in [3.05, 3.63) is 29.5 Å². The molecule has 3 aromatic rings. The van der Waals surface area contributed by atoms with Crippen molar-refractivity contribution in [2.45, 2.75) is 18.7 Å². The molecule has 0 bridgehead atoms. The van der Waals surface area contributed by atoms with Gasteiger partial charge in [-0.25, -0.2) is 4.98 Å². The fraction of sp³-hybridized carbons (Fsp3) is 0.294. The molecule has 0 spiro atoms. The molecule has 1 aromatic carbocycles. The van der Waals surface area contributed by atoms with E-state index in [0.29, 0.717) is 27.7 Å². The van der Waals surface area contributed by atoms with Crippen LogP contribution in [0.15, 0.2) is 23.2 Å². The first kappa shape index (κ1) is 16.6. The Morgan fingerprint density at radius 3 is 2.54 bits per heavy atom. The molecule has 7 heteroatoms. The number of nitrogens with one attached hydrogen (secondary N) is 1. The molecule has 0 aliphatic rings. The molecular formula is C17H19N3O3S. The molecule has 24 heavy (non-hydrogen) atoms. The van der Waals surface area contributed by atoms with Gasteiger partial charge in [0.05, 0.1) is 19.7 Å². The first-order chi connectivity index (χ1) is 11.5. The topological polar surface area (TPSA) is 83.1 Å². The van der Waals surface area contributed by atoms with Gasteiger partial charge in [0.15, 0.2) is 11.6 Å². The number of methoxy groups -OCH3 is 2. The standard InChI is InChI=1S/C17H19N3O3S/c1-9-8-18-13(10(2)15(9)23-4)17-19-11-6-7-12(22-3)16(24(5)21)14(11)20-17/h6-8H,1-5H3,(H,19,20). The number of rotatable bonds is 4. The van der Waals surface area contributed by atoms with E-state index < -0.39 is 11.2 Å². The number of hydrogen-bond donors (Lipinski definition) is 1. The summed E-state index contributed by atoms with van der Waals surface area (Å²) in [5, 5.41) is 0. The second-order valence-corrected chi connectivity index (χ2v) is 6.80. The summed E-state index contributed by atoms with van der Waals surface area (Å²) in [5.41, 5.74) is 4.00. The van der Waals surface area contributed by atoms with Crippen LogP contribution in [0.25, 0.3) is 22.6 Å². The summed E-state index contributed by atoms with van der Waals surface area (Å²) < 4.78 is 22.9. The van der Waals surface area contributed by atoms with E-state index in [0.717, 1.165) is 22.4 Å². The number of ether oxygens (including phenoxy) is 2. The predicted octanol–water partition coefficient (Wildman–Crippen LogP) is 3.00. The van der Waals surface area contributed by atoms with Crippen molar-refractivity contribution in [3.8, 4) is 23.0 Å². The van der Waals surface area contributed by atoms with Crippen molar-refractivity contribution in [2.75, 3.05) is 20.5 Å². The van der Waals surface area contributed by atoms with E-state index in [1.54, 1.807) is 32.7 Å². The lowest BCUT2D eigenvalue weighted by atomic mass is 10.1. The van der Waals surface area contributed by atoms with Gasteiger partial charge in [-0.3, -0.25) is 4.98 Å². The third-order valence-corrected chi connectivity index (χ3v) is 4.92. The number of imidazole rings is 1. The highest BCUT2D eigenvalue weighted by Gasteiger charge is 2.22. The van der Waals surface area contributed by atoms with Crippen LogP contribution in [0.2, 0.25) is 0 Å². The molecule has 0 saturated heterocycles. The Hall–Kier alpha value is -2.25. The molecule has 0 aliphatic heterocycles. The van der Waals surface area contributed by atoms with Crippen LogP contribution >= 0.6 is 0 Å². The van der Waals surface area contributed by atoms with E-state index in [2.05, 4.69) is 15.0 Å². The normalized spacial score (nSPS) is 12.4. The molecule has 2 heterocycles. The van der Waals surface area contributed by atoms with E-state index in [1.165, 1.54) is 0 Å². The Kier molecular flexibility index (Phi) is 4.38. The smallest absolute Gasteiger partial charge is 0.222 e. The van der Waals surface area contributed by atoms with Gasteiger partial charge in [-0.1, -0.05) is 0 Å². The zero-order valence-corrected chi connectivity index (χ0v) is 15.1. The Labute approximate surface area is 143 Å². The lowest BCUT2D eigenvalue weighted by molar-refractivity contribution is 0.404. The fourth-order valence-corrected chi connectivity index (χ4v) is 3.72. The molecule has 1 N–H and O–H groups in total. The number of benzene rings is 1. The predicted molar refractivity (Wildman–Crippen MR) is 94.2 cm³/mol. The van der Waals surface area contributed by atoms with E-state index in [1.807, 2.05) is 19.9 Å². The third kappa shape index (κ3) is 2.59. The van der Waals surface area contributed by atoms with Crippen molar-refractivity contribution < 1.29 is 14.0 Å². The van der Waals surface area contributed by atoms with Crippen LogP contribution in [0.1, 0.15) is 11.1 Å². The number of aromatic nitrogens is 3. The van der Waals surface area contributed by atoms with E-state index in [4.69, 9.17) is 9.47 Å². The summed E-state index contributed by atoms with van der Waals surface area (Å²) in [4.78, 5) is 12.9.